The number of hydrogen-bond acceptors (Lipinski definition) is 4. The van der Waals surface area contributed by atoms with Crippen molar-refractivity contribution in [2.24, 2.45) is 0 Å². The minimum Gasteiger partial charge on any atom is -0.487 e. The highest BCUT2D eigenvalue weighted by Crippen LogP contribution is 2.39. The van der Waals surface area contributed by atoms with Crippen LogP contribution in [-0.4, -0.2) is 32.2 Å². The van der Waals surface area contributed by atoms with E-state index in [1.165, 1.54) is 25.1 Å². The molecule has 1 amide bonds. The summed E-state index contributed by atoms with van der Waals surface area (Å²) in [6.45, 7) is 5.29. The summed E-state index contributed by atoms with van der Waals surface area (Å²) in [7, 11) is -3.90. The lowest BCUT2D eigenvalue weighted by Gasteiger charge is -2.38. The first kappa shape index (κ1) is 21.1. The number of carbonyl (C=O) groups excluding carboxylic acids is 1. The van der Waals surface area contributed by atoms with Crippen LogP contribution in [0.4, 0.5) is 10.1 Å². The van der Waals surface area contributed by atoms with Gasteiger partial charge in [0.25, 0.3) is 0 Å². The van der Waals surface area contributed by atoms with Crippen molar-refractivity contribution in [2.75, 3.05) is 10.6 Å². The standard InChI is InChI=1S/C21H25FN2O4S/c1-14(24(29(4,26)27)18-11-7-6-10-16(18)22)20(25)23-17-13-21(2,3)28-19-12-8-5-9-15(17)19/h5-12,14,17H,13H2,1-4H3,(H,23,25)/t14-,17-/m1/s1. The largest absolute Gasteiger partial charge is 0.487 e. The summed E-state index contributed by atoms with van der Waals surface area (Å²) in [5, 5.41) is 2.92. The first-order valence-corrected chi connectivity index (χ1v) is 11.2. The molecule has 0 radical (unpaired) electrons. The van der Waals surface area contributed by atoms with E-state index >= 15 is 0 Å². The molecule has 2 atom stereocenters. The molecule has 0 bridgehead atoms. The Morgan fingerprint density at radius 2 is 1.83 bits per heavy atom. The van der Waals surface area contributed by atoms with Gasteiger partial charge >= 0.3 is 0 Å². The van der Waals surface area contributed by atoms with E-state index in [9.17, 15) is 17.6 Å². The van der Waals surface area contributed by atoms with Crippen molar-refractivity contribution in [1.82, 2.24) is 5.32 Å². The number of amides is 1. The van der Waals surface area contributed by atoms with Gasteiger partial charge < -0.3 is 10.1 Å². The van der Waals surface area contributed by atoms with E-state index in [1.807, 2.05) is 38.1 Å². The third kappa shape index (κ3) is 4.53. The van der Waals surface area contributed by atoms with Crippen molar-refractivity contribution in [2.45, 2.75) is 44.9 Å². The minimum atomic E-state index is -3.90. The number of carbonyl (C=O) groups is 1. The molecule has 3 rings (SSSR count). The maximum absolute atomic E-state index is 14.3. The molecule has 0 aromatic heterocycles. The lowest BCUT2D eigenvalue weighted by atomic mass is 9.89. The van der Waals surface area contributed by atoms with E-state index < -0.39 is 33.4 Å². The summed E-state index contributed by atoms with van der Waals surface area (Å²) in [5.41, 5.74) is 0.159. The predicted octanol–water partition coefficient (Wildman–Crippen LogP) is 3.40. The second-order valence-electron chi connectivity index (χ2n) is 7.85. The van der Waals surface area contributed by atoms with Crippen molar-refractivity contribution < 1.29 is 22.3 Å². The molecule has 2 aromatic rings. The Labute approximate surface area is 170 Å². The van der Waals surface area contributed by atoms with Crippen LogP contribution in [0.5, 0.6) is 5.75 Å². The van der Waals surface area contributed by atoms with Crippen LogP contribution >= 0.6 is 0 Å². The fourth-order valence-electron chi connectivity index (χ4n) is 3.63. The summed E-state index contributed by atoms with van der Waals surface area (Å²) in [6, 6.07) is 11.4. The van der Waals surface area contributed by atoms with Crippen molar-refractivity contribution in [3.63, 3.8) is 0 Å². The number of halogens is 1. The summed E-state index contributed by atoms with van der Waals surface area (Å²) in [5.74, 6) is -0.554. The number of hydrogen-bond donors (Lipinski definition) is 1. The van der Waals surface area contributed by atoms with Gasteiger partial charge in [0.2, 0.25) is 15.9 Å². The van der Waals surface area contributed by atoms with Crippen LogP contribution < -0.4 is 14.4 Å². The second-order valence-corrected chi connectivity index (χ2v) is 9.71. The van der Waals surface area contributed by atoms with E-state index in [-0.39, 0.29) is 11.7 Å². The fraction of sp³-hybridized carbons (Fsp3) is 0.381. The van der Waals surface area contributed by atoms with Crippen LogP contribution in [0.2, 0.25) is 0 Å². The highest BCUT2D eigenvalue weighted by molar-refractivity contribution is 7.92. The van der Waals surface area contributed by atoms with E-state index in [4.69, 9.17) is 4.74 Å². The number of para-hydroxylation sites is 2. The molecule has 1 N–H and O–H groups in total. The number of rotatable bonds is 5. The molecule has 6 nitrogen and oxygen atoms in total. The quantitative estimate of drug-likeness (QED) is 0.805. The average Bonchev–Trinajstić information content (AvgIpc) is 2.61. The highest BCUT2D eigenvalue weighted by atomic mass is 32.2. The molecule has 0 saturated carbocycles. The first-order chi connectivity index (χ1) is 13.5. The zero-order valence-electron chi connectivity index (χ0n) is 16.8. The van der Waals surface area contributed by atoms with Gasteiger partial charge in [-0.25, -0.2) is 12.8 Å². The molecule has 1 aliphatic heterocycles. The molecule has 1 aliphatic rings. The zero-order chi connectivity index (χ0) is 21.4. The number of anilines is 1. The van der Waals surface area contributed by atoms with Crippen molar-refractivity contribution >= 4 is 21.6 Å². The predicted molar refractivity (Wildman–Crippen MR) is 110 cm³/mol. The third-order valence-corrected chi connectivity index (χ3v) is 6.10. The smallest absolute Gasteiger partial charge is 0.244 e. The maximum Gasteiger partial charge on any atom is 0.244 e. The monoisotopic (exact) mass is 420 g/mol. The summed E-state index contributed by atoms with van der Waals surface area (Å²) < 4.78 is 45.8. The van der Waals surface area contributed by atoms with Gasteiger partial charge in [-0.05, 0) is 39.0 Å². The Hall–Kier alpha value is -2.61. The summed E-state index contributed by atoms with van der Waals surface area (Å²) >= 11 is 0. The van der Waals surface area contributed by atoms with Crippen molar-refractivity contribution in [1.29, 1.82) is 0 Å². The van der Waals surface area contributed by atoms with Crippen molar-refractivity contribution in [3.8, 4) is 5.75 Å². The Bertz CT molecular complexity index is 1020. The first-order valence-electron chi connectivity index (χ1n) is 9.32. The average molecular weight is 421 g/mol. The van der Waals surface area contributed by atoms with E-state index in [0.29, 0.717) is 12.2 Å². The number of nitrogens with zero attached hydrogens (tertiary/aromatic N) is 1. The number of sulfonamides is 1. The van der Waals surface area contributed by atoms with Gasteiger partial charge in [-0.1, -0.05) is 30.3 Å². The van der Waals surface area contributed by atoms with Crippen LogP contribution in [0, 0.1) is 5.82 Å². The van der Waals surface area contributed by atoms with Crippen LogP contribution in [0.25, 0.3) is 0 Å². The van der Waals surface area contributed by atoms with Gasteiger partial charge in [0.1, 0.15) is 23.2 Å². The molecular formula is C21H25FN2O4S. The van der Waals surface area contributed by atoms with E-state index in [2.05, 4.69) is 5.32 Å². The van der Waals surface area contributed by atoms with Crippen LogP contribution in [0.3, 0.4) is 0 Å². The number of benzene rings is 2. The molecule has 0 saturated heterocycles. The van der Waals surface area contributed by atoms with Gasteiger partial charge in [-0.15, -0.1) is 0 Å². The Morgan fingerprint density at radius 1 is 1.21 bits per heavy atom. The van der Waals surface area contributed by atoms with Crippen LogP contribution in [0.15, 0.2) is 48.5 Å². The molecule has 0 fully saturated rings. The number of fused-ring (bicyclic) bond motifs is 1. The molecule has 0 spiro atoms. The SMILES string of the molecule is C[C@H](C(=O)N[C@@H]1CC(C)(C)Oc2ccccc21)N(c1ccccc1F)S(C)(=O)=O. The van der Waals surface area contributed by atoms with Gasteiger partial charge in [0, 0.05) is 12.0 Å². The number of ether oxygens (including phenoxy) is 1. The normalized spacial score (nSPS) is 18.9. The molecule has 1 heterocycles. The third-order valence-electron chi connectivity index (χ3n) is 4.87. The summed E-state index contributed by atoms with van der Waals surface area (Å²) in [6.07, 6.45) is 1.47. The molecule has 2 aromatic carbocycles. The van der Waals surface area contributed by atoms with Gasteiger partial charge in [-0.3, -0.25) is 9.10 Å². The molecule has 0 unspecified atom stereocenters. The van der Waals surface area contributed by atoms with Gasteiger partial charge in [0.15, 0.2) is 0 Å². The van der Waals surface area contributed by atoms with E-state index in [0.717, 1.165) is 22.2 Å². The molecule has 0 aliphatic carbocycles. The minimum absolute atomic E-state index is 0.162. The van der Waals surface area contributed by atoms with Crippen LogP contribution in [-0.2, 0) is 14.8 Å². The Balaban J connectivity index is 1.90. The second kappa shape index (κ2) is 7.67. The number of nitrogens with one attached hydrogen (secondary N) is 1. The Morgan fingerprint density at radius 3 is 2.48 bits per heavy atom. The zero-order valence-corrected chi connectivity index (χ0v) is 17.7. The van der Waals surface area contributed by atoms with Gasteiger partial charge in [-0.2, -0.15) is 0 Å². The topological polar surface area (TPSA) is 75.7 Å². The lowest BCUT2D eigenvalue weighted by Crippen LogP contribution is -2.50. The maximum atomic E-state index is 14.3. The van der Waals surface area contributed by atoms with Crippen LogP contribution in [0.1, 0.15) is 38.8 Å². The molecule has 29 heavy (non-hydrogen) atoms. The highest BCUT2D eigenvalue weighted by Gasteiger charge is 2.37. The van der Waals surface area contributed by atoms with Gasteiger partial charge in [0.05, 0.1) is 18.0 Å². The van der Waals surface area contributed by atoms with Crippen molar-refractivity contribution in [3.05, 3.63) is 59.9 Å². The lowest BCUT2D eigenvalue weighted by molar-refractivity contribution is -0.123. The van der Waals surface area contributed by atoms with E-state index in [1.54, 1.807) is 0 Å². The molecule has 8 heteroatoms. The molecular weight excluding hydrogens is 395 g/mol. The summed E-state index contributed by atoms with van der Waals surface area (Å²) in [4.78, 5) is 13.0. The molecule has 156 valence electrons. The fourth-order valence-corrected chi connectivity index (χ4v) is 4.81. The Kier molecular flexibility index (Phi) is 5.58.